The first kappa shape index (κ1) is 17.3. The fourth-order valence-corrected chi connectivity index (χ4v) is 1.86. The average Bonchev–Trinajstić information content (AvgIpc) is 2.45. The fraction of sp³-hybridized carbons (Fsp3) is 0.562. The SMILES string of the molecule is CCC(C)(CCO)NC(=O)NCCOc1ccc(C)cc1. The van der Waals surface area contributed by atoms with Crippen LogP contribution in [0.3, 0.4) is 0 Å². The van der Waals surface area contributed by atoms with Gasteiger partial charge >= 0.3 is 6.03 Å². The van der Waals surface area contributed by atoms with Gasteiger partial charge in [-0.05, 0) is 38.8 Å². The summed E-state index contributed by atoms with van der Waals surface area (Å²) in [6, 6.07) is 7.55. The lowest BCUT2D eigenvalue weighted by Gasteiger charge is -2.29. The molecule has 0 saturated heterocycles. The highest BCUT2D eigenvalue weighted by atomic mass is 16.5. The molecular weight excluding hydrogens is 268 g/mol. The smallest absolute Gasteiger partial charge is 0.315 e. The van der Waals surface area contributed by atoms with Gasteiger partial charge in [-0.2, -0.15) is 0 Å². The van der Waals surface area contributed by atoms with Crippen LogP contribution in [-0.4, -0.2) is 36.4 Å². The highest BCUT2D eigenvalue weighted by Gasteiger charge is 2.23. The van der Waals surface area contributed by atoms with Gasteiger partial charge in [0.05, 0.1) is 6.54 Å². The maximum atomic E-state index is 11.8. The van der Waals surface area contributed by atoms with Crippen molar-refractivity contribution in [3.05, 3.63) is 29.8 Å². The van der Waals surface area contributed by atoms with Gasteiger partial charge in [0.15, 0.2) is 0 Å². The molecule has 21 heavy (non-hydrogen) atoms. The van der Waals surface area contributed by atoms with Crippen LogP contribution in [-0.2, 0) is 0 Å². The Morgan fingerprint density at radius 1 is 1.33 bits per heavy atom. The Labute approximate surface area is 126 Å². The molecule has 1 aromatic rings. The summed E-state index contributed by atoms with van der Waals surface area (Å²) >= 11 is 0. The standard InChI is InChI=1S/C16H26N2O3/c1-4-16(3,9-11-19)18-15(20)17-10-12-21-14-7-5-13(2)6-8-14/h5-8,19H,4,9-12H2,1-3H3,(H2,17,18,20). The number of nitrogens with one attached hydrogen (secondary N) is 2. The predicted octanol–water partition coefficient (Wildman–Crippen LogP) is 2.22. The second-order valence-electron chi connectivity index (χ2n) is 5.43. The van der Waals surface area contributed by atoms with Crippen molar-refractivity contribution in [1.29, 1.82) is 0 Å². The Morgan fingerprint density at radius 2 is 2.00 bits per heavy atom. The predicted molar refractivity (Wildman–Crippen MR) is 83.6 cm³/mol. The van der Waals surface area contributed by atoms with E-state index < -0.39 is 0 Å². The summed E-state index contributed by atoms with van der Waals surface area (Å²) in [5, 5.41) is 14.7. The van der Waals surface area contributed by atoms with Crippen LogP contribution in [0.25, 0.3) is 0 Å². The minimum atomic E-state index is -0.378. The van der Waals surface area contributed by atoms with Crippen LogP contribution in [0.2, 0.25) is 0 Å². The van der Waals surface area contributed by atoms with E-state index in [1.807, 2.05) is 45.0 Å². The third kappa shape index (κ3) is 6.49. The number of hydrogen-bond acceptors (Lipinski definition) is 3. The molecule has 1 aromatic carbocycles. The summed E-state index contributed by atoms with van der Waals surface area (Å²) in [5.41, 5.74) is 0.805. The third-order valence-electron chi connectivity index (χ3n) is 3.54. The summed E-state index contributed by atoms with van der Waals surface area (Å²) in [6.45, 7) is 6.83. The van der Waals surface area contributed by atoms with Crippen molar-refractivity contribution >= 4 is 6.03 Å². The van der Waals surface area contributed by atoms with Crippen molar-refractivity contribution in [3.63, 3.8) is 0 Å². The van der Waals surface area contributed by atoms with E-state index in [4.69, 9.17) is 9.84 Å². The first-order chi connectivity index (χ1) is 9.99. The molecule has 5 nitrogen and oxygen atoms in total. The molecule has 0 spiro atoms. The molecule has 0 aliphatic heterocycles. The number of amides is 2. The number of aliphatic hydroxyl groups is 1. The average molecular weight is 294 g/mol. The van der Waals surface area contributed by atoms with Crippen LogP contribution in [0.1, 0.15) is 32.3 Å². The van der Waals surface area contributed by atoms with Crippen LogP contribution < -0.4 is 15.4 Å². The number of rotatable bonds is 8. The van der Waals surface area contributed by atoms with E-state index in [1.165, 1.54) is 5.56 Å². The summed E-state index contributed by atoms with van der Waals surface area (Å²) in [5.74, 6) is 0.793. The molecule has 3 N–H and O–H groups in total. The van der Waals surface area contributed by atoms with Gasteiger partial charge < -0.3 is 20.5 Å². The first-order valence-corrected chi connectivity index (χ1v) is 7.35. The Hall–Kier alpha value is -1.75. The highest BCUT2D eigenvalue weighted by molar-refractivity contribution is 5.74. The molecule has 0 saturated carbocycles. The first-order valence-electron chi connectivity index (χ1n) is 7.35. The van der Waals surface area contributed by atoms with Crippen LogP contribution in [0.15, 0.2) is 24.3 Å². The normalized spacial score (nSPS) is 13.3. The lowest BCUT2D eigenvalue weighted by Crippen LogP contribution is -2.51. The topological polar surface area (TPSA) is 70.6 Å². The molecule has 2 amide bonds. The van der Waals surface area contributed by atoms with Gasteiger partial charge in [0, 0.05) is 12.1 Å². The van der Waals surface area contributed by atoms with E-state index in [0.717, 1.165) is 12.2 Å². The largest absolute Gasteiger partial charge is 0.492 e. The van der Waals surface area contributed by atoms with Crippen molar-refractivity contribution in [2.75, 3.05) is 19.8 Å². The monoisotopic (exact) mass is 294 g/mol. The van der Waals surface area contributed by atoms with Crippen molar-refractivity contribution < 1.29 is 14.6 Å². The molecule has 1 atom stereocenters. The number of ether oxygens (including phenoxy) is 1. The summed E-state index contributed by atoms with van der Waals surface area (Å²) in [7, 11) is 0. The highest BCUT2D eigenvalue weighted by Crippen LogP contribution is 2.13. The molecule has 0 aromatic heterocycles. The number of carbonyl (C=O) groups excluding carboxylic acids is 1. The Kier molecular flexibility index (Phi) is 7.02. The molecule has 118 valence electrons. The second-order valence-corrected chi connectivity index (χ2v) is 5.43. The Morgan fingerprint density at radius 3 is 2.57 bits per heavy atom. The number of aliphatic hydroxyl groups excluding tert-OH is 1. The van der Waals surface area contributed by atoms with Gasteiger partial charge in [-0.15, -0.1) is 0 Å². The van der Waals surface area contributed by atoms with Gasteiger partial charge in [-0.25, -0.2) is 4.79 Å². The van der Waals surface area contributed by atoms with Gasteiger partial charge in [0.2, 0.25) is 0 Å². The molecule has 0 fully saturated rings. The molecule has 0 bridgehead atoms. The van der Waals surface area contributed by atoms with Gasteiger partial charge in [-0.1, -0.05) is 24.6 Å². The zero-order valence-electron chi connectivity index (χ0n) is 13.1. The lowest BCUT2D eigenvalue weighted by atomic mass is 9.95. The van der Waals surface area contributed by atoms with Crippen LogP contribution >= 0.6 is 0 Å². The maximum absolute atomic E-state index is 11.8. The van der Waals surface area contributed by atoms with E-state index in [-0.39, 0.29) is 18.2 Å². The lowest BCUT2D eigenvalue weighted by molar-refractivity contribution is 0.199. The van der Waals surface area contributed by atoms with Crippen LogP contribution in [0, 0.1) is 6.92 Å². The van der Waals surface area contributed by atoms with Crippen LogP contribution in [0.4, 0.5) is 4.79 Å². The maximum Gasteiger partial charge on any atom is 0.315 e. The molecule has 0 heterocycles. The summed E-state index contributed by atoms with van der Waals surface area (Å²) in [4.78, 5) is 11.8. The van der Waals surface area contributed by atoms with Gasteiger partial charge in [0.25, 0.3) is 0 Å². The van der Waals surface area contributed by atoms with Crippen LogP contribution in [0.5, 0.6) is 5.75 Å². The summed E-state index contributed by atoms with van der Waals surface area (Å²) in [6.07, 6.45) is 1.30. The molecule has 0 aliphatic carbocycles. The van der Waals surface area contributed by atoms with E-state index in [0.29, 0.717) is 19.6 Å². The zero-order valence-corrected chi connectivity index (χ0v) is 13.1. The number of benzene rings is 1. The van der Waals surface area contributed by atoms with Crippen molar-refractivity contribution in [2.24, 2.45) is 0 Å². The quantitative estimate of drug-likeness (QED) is 0.644. The second kappa shape index (κ2) is 8.52. The van der Waals surface area contributed by atoms with E-state index in [1.54, 1.807) is 0 Å². The van der Waals surface area contributed by atoms with E-state index >= 15 is 0 Å². The van der Waals surface area contributed by atoms with Crippen molar-refractivity contribution in [2.45, 2.75) is 39.2 Å². The number of carbonyl (C=O) groups is 1. The molecular formula is C16H26N2O3. The number of aryl methyl sites for hydroxylation is 1. The minimum Gasteiger partial charge on any atom is -0.492 e. The molecule has 0 aliphatic rings. The minimum absolute atomic E-state index is 0.0567. The van der Waals surface area contributed by atoms with E-state index in [2.05, 4.69) is 10.6 Å². The van der Waals surface area contributed by atoms with Crippen molar-refractivity contribution in [3.8, 4) is 5.75 Å². The summed E-state index contributed by atoms with van der Waals surface area (Å²) < 4.78 is 5.53. The molecule has 5 heteroatoms. The molecule has 0 radical (unpaired) electrons. The Bertz CT molecular complexity index is 434. The number of hydrogen-bond donors (Lipinski definition) is 3. The number of urea groups is 1. The Balaban J connectivity index is 2.25. The van der Waals surface area contributed by atoms with Gasteiger partial charge in [0.1, 0.15) is 12.4 Å². The molecule has 1 unspecified atom stereocenters. The van der Waals surface area contributed by atoms with Crippen molar-refractivity contribution in [1.82, 2.24) is 10.6 Å². The van der Waals surface area contributed by atoms with E-state index in [9.17, 15) is 4.79 Å². The molecule has 1 rings (SSSR count). The van der Waals surface area contributed by atoms with Gasteiger partial charge in [-0.3, -0.25) is 0 Å². The zero-order chi connectivity index (χ0) is 15.7. The fourth-order valence-electron chi connectivity index (χ4n) is 1.86. The third-order valence-corrected chi connectivity index (χ3v) is 3.54.